The molecule has 38 heavy (non-hydrogen) atoms. The molecular weight excluding hydrogens is 502 g/mol. The van der Waals surface area contributed by atoms with Crippen molar-refractivity contribution in [2.45, 2.75) is 81.4 Å². The molecule has 11 heteroatoms. The van der Waals surface area contributed by atoms with Gasteiger partial charge in [-0.2, -0.15) is 4.98 Å². The molecule has 10 nitrogen and oxygen atoms in total. The predicted octanol–water partition coefficient (Wildman–Crippen LogP) is 4.76. The van der Waals surface area contributed by atoms with Gasteiger partial charge in [0.1, 0.15) is 16.3 Å². The number of rotatable bonds is 8. The Bertz CT molecular complexity index is 1500. The fourth-order valence-electron chi connectivity index (χ4n) is 5.55. The number of imidazole rings is 1. The molecule has 6 rings (SSSR count). The second kappa shape index (κ2) is 10.4. The largest absolute Gasteiger partial charge is 0.439 e. The molecule has 0 radical (unpaired) electrons. The van der Waals surface area contributed by atoms with E-state index in [9.17, 15) is 9.00 Å². The lowest BCUT2D eigenvalue weighted by molar-refractivity contribution is 0.262. The fraction of sp³-hybridized carbons (Fsp3) is 0.519. The molecule has 200 valence electrons. The standard InChI is InChI=1S/C27H33N7O3S/c1-16-11-13-18(14-12-16)15-34-21-22(28-17(2)19-7-6-8-19)29-24(25-32-27(35)37-33-25)30-23(21)31-26(34)38(36)20-9-4-3-5-10-20/h3-5,9-10,16-19H,6-8,11-15H2,1-2H3,(H,28,29,30)(H,32,33,35)/t16?,17-,18?,38?/m1/s1. The van der Waals surface area contributed by atoms with Crippen molar-refractivity contribution in [1.29, 1.82) is 0 Å². The second-order valence-electron chi connectivity index (χ2n) is 10.8. The van der Waals surface area contributed by atoms with E-state index in [0.717, 1.165) is 24.3 Å². The van der Waals surface area contributed by atoms with Gasteiger partial charge in [0, 0.05) is 17.5 Å². The number of H-pyrrole nitrogens is 1. The van der Waals surface area contributed by atoms with Gasteiger partial charge in [0.05, 0.1) is 0 Å². The van der Waals surface area contributed by atoms with Crippen molar-refractivity contribution in [3.05, 3.63) is 40.9 Å². The number of nitrogens with one attached hydrogen (secondary N) is 2. The molecule has 2 atom stereocenters. The van der Waals surface area contributed by atoms with Gasteiger partial charge in [-0.25, -0.2) is 19.0 Å². The number of anilines is 1. The van der Waals surface area contributed by atoms with Crippen LogP contribution in [0, 0.1) is 17.8 Å². The van der Waals surface area contributed by atoms with Crippen molar-refractivity contribution in [2.24, 2.45) is 17.8 Å². The molecule has 3 heterocycles. The van der Waals surface area contributed by atoms with Crippen LogP contribution in [0.4, 0.5) is 5.82 Å². The zero-order valence-electron chi connectivity index (χ0n) is 21.7. The minimum atomic E-state index is -1.51. The van der Waals surface area contributed by atoms with Crippen LogP contribution >= 0.6 is 0 Å². The summed E-state index contributed by atoms with van der Waals surface area (Å²) in [6, 6.07) is 9.58. The Morgan fingerprint density at radius 1 is 1.11 bits per heavy atom. The van der Waals surface area contributed by atoms with Crippen LogP contribution in [0.2, 0.25) is 0 Å². The van der Waals surface area contributed by atoms with E-state index in [1.165, 1.54) is 32.1 Å². The van der Waals surface area contributed by atoms with Gasteiger partial charge in [-0.15, -0.1) is 0 Å². The van der Waals surface area contributed by atoms with Gasteiger partial charge < -0.3 is 9.88 Å². The Morgan fingerprint density at radius 3 is 2.53 bits per heavy atom. The number of fused-ring (bicyclic) bond motifs is 1. The van der Waals surface area contributed by atoms with Crippen molar-refractivity contribution in [3.63, 3.8) is 0 Å². The normalized spacial score (nSPS) is 21.7. The van der Waals surface area contributed by atoms with Gasteiger partial charge >= 0.3 is 5.76 Å². The van der Waals surface area contributed by atoms with E-state index in [0.29, 0.717) is 39.9 Å². The van der Waals surface area contributed by atoms with Crippen LogP contribution in [-0.2, 0) is 17.3 Å². The summed E-state index contributed by atoms with van der Waals surface area (Å²) >= 11 is 0. The first kappa shape index (κ1) is 25.0. The summed E-state index contributed by atoms with van der Waals surface area (Å²) in [5.74, 6) is 2.03. The molecule has 3 aromatic heterocycles. The van der Waals surface area contributed by atoms with Gasteiger partial charge in [-0.3, -0.25) is 9.51 Å². The summed E-state index contributed by atoms with van der Waals surface area (Å²) in [7, 11) is -1.51. The van der Waals surface area contributed by atoms with Crippen molar-refractivity contribution >= 4 is 27.8 Å². The average molecular weight is 536 g/mol. The maximum absolute atomic E-state index is 13.9. The Hall–Kier alpha value is -3.34. The van der Waals surface area contributed by atoms with Crippen molar-refractivity contribution in [1.82, 2.24) is 29.7 Å². The Kier molecular flexibility index (Phi) is 6.86. The summed E-state index contributed by atoms with van der Waals surface area (Å²) in [6.45, 7) is 5.18. The molecule has 2 aliphatic rings. The second-order valence-corrected chi connectivity index (χ2v) is 12.2. The van der Waals surface area contributed by atoms with Gasteiger partial charge in [-0.1, -0.05) is 49.5 Å². The lowest BCUT2D eigenvalue weighted by atomic mass is 9.80. The lowest BCUT2D eigenvalue weighted by Gasteiger charge is -2.32. The third-order valence-electron chi connectivity index (χ3n) is 8.14. The van der Waals surface area contributed by atoms with E-state index in [4.69, 9.17) is 14.5 Å². The van der Waals surface area contributed by atoms with Crippen molar-refractivity contribution < 1.29 is 8.73 Å². The molecule has 4 aromatic rings. The van der Waals surface area contributed by atoms with Crippen LogP contribution in [0.5, 0.6) is 0 Å². The first-order valence-electron chi connectivity index (χ1n) is 13.5. The van der Waals surface area contributed by atoms with Crippen LogP contribution < -0.4 is 11.1 Å². The van der Waals surface area contributed by atoms with E-state index in [-0.39, 0.29) is 17.7 Å². The van der Waals surface area contributed by atoms with Gasteiger partial charge in [-0.05, 0) is 62.5 Å². The van der Waals surface area contributed by atoms with Crippen LogP contribution in [0.15, 0.2) is 49.7 Å². The van der Waals surface area contributed by atoms with Crippen LogP contribution in [0.3, 0.4) is 0 Å². The monoisotopic (exact) mass is 535 g/mol. The van der Waals surface area contributed by atoms with Crippen molar-refractivity contribution in [2.75, 3.05) is 5.32 Å². The Labute approximate surface area is 223 Å². The molecule has 2 aliphatic carbocycles. The highest BCUT2D eigenvalue weighted by molar-refractivity contribution is 7.85. The van der Waals surface area contributed by atoms with Crippen LogP contribution in [0.25, 0.3) is 22.8 Å². The van der Waals surface area contributed by atoms with Crippen molar-refractivity contribution in [3.8, 4) is 11.6 Å². The van der Waals surface area contributed by atoms with E-state index in [1.54, 1.807) is 0 Å². The summed E-state index contributed by atoms with van der Waals surface area (Å²) in [6.07, 6.45) is 8.22. The van der Waals surface area contributed by atoms with E-state index < -0.39 is 16.6 Å². The summed E-state index contributed by atoms with van der Waals surface area (Å²) < 4.78 is 20.7. The van der Waals surface area contributed by atoms with Crippen LogP contribution in [0.1, 0.15) is 58.8 Å². The van der Waals surface area contributed by atoms with Gasteiger partial charge in [0.15, 0.2) is 11.5 Å². The van der Waals surface area contributed by atoms with Gasteiger partial charge in [0.2, 0.25) is 16.8 Å². The zero-order valence-corrected chi connectivity index (χ0v) is 22.5. The molecule has 0 spiro atoms. The molecule has 1 unspecified atom stereocenters. The maximum Gasteiger partial charge on any atom is 0.439 e. The summed E-state index contributed by atoms with van der Waals surface area (Å²) in [5.41, 5.74) is 1.16. The molecular formula is C27H33N7O3S. The fourth-order valence-corrected chi connectivity index (χ4v) is 6.70. The third-order valence-corrected chi connectivity index (χ3v) is 9.48. The van der Waals surface area contributed by atoms with E-state index >= 15 is 0 Å². The quantitative estimate of drug-likeness (QED) is 0.330. The predicted molar refractivity (Wildman–Crippen MR) is 144 cm³/mol. The lowest BCUT2D eigenvalue weighted by Crippen LogP contribution is -2.31. The smallest absolute Gasteiger partial charge is 0.365 e. The molecule has 1 aromatic carbocycles. The first-order chi connectivity index (χ1) is 18.5. The molecule has 2 saturated carbocycles. The van der Waals surface area contributed by atoms with Crippen LogP contribution in [-0.4, -0.2) is 39.9 Å². The number of aromatic amines is 1. The number of aromatic nitrogens is 6. The summed E-state index contributed by atoms with van der Waals surface area (Å²) in [4.78, 5) is 29.2. The SMILES string of the molecule is CC1CCC(Cn2c(S(=O)c3ccccc3)nc3nc(-c4noc(=O)[nH]4)nc(N[C@H](C)C4CCC4)c32)CC1. The number of nitrogens with zero attached hydrogens (tertiary/aromatic N) is 5. The number of benzene rings is 1. The average Bonchev–Trinajstić information content (AvgIpc) is 3.48. The molecule has 0 aliphatic heterocycles. The molecule has 0 amide bonds. The molecule has 2 N–H and O–H groups in total. The minimum Gasteiger partial charge on any atom is -0.365 e. The maximum atomic E-state index is 13.9. The topological polar surface area (TPSA) is 132 Å². The molecule has 2 fully saturated rings. The number of hydrogen-bond acceptors (Lipinski definition) is 8. The highest BCUT2D eigenvalue weighted by Crippen LogP contribution is 2.36. The molecule has 0 saturated heterocycles. The number of hydrogen-bond donors (Lipinski definition) is 2. The third kappa shape index (κ3) is 4.91. The highest BCUT2D eigenvalue weighted by Gasteiger charge is 2.29. The Balaban J connectivity index is 1.50. The highest BCUT2D eigenvalue weighted by atomic mass is 32.2. The molecule has 0 bridgehead atoms. The first-order valence-corrected chi connectivity index (χ1v) is 14.7. The minimum absolute atomic E-state index is 0.137. The van der Waals surface area contributed by atoms with Gasteiger partial charge in [0.25, 0.3) is 0 Å². The Morgan fingerprint density at radius 2 is 1.87 bits per heavy atom. The summed E-state index contributed by atoms with van der Waals surface area (Å²) in [5, 5.41) is 7.88. The van der Waals surface area contributed by atoms with E-state index in [1.807, 2.05) is 30.3 Å². The zero-order chi connectivity index (χ0) is 26.2. The van der Waals surface area contributed by atoms with E-state index in [2.05, 4.69) is 38.9 Å².